The van der Waals surface area contributed by atoms with E-state index in [-0.39, 0.29) is 0 Å². The number of aryl methyl sites for hydroxylation is 1. The molecule has 0 heterocycles. The van der Waals surface area contributed by atoms with Gasteiger partial charge in [-0.1, -0.05) is 19.1 Å². The second kappa shape index (κ2) is 3.96. The SMILES string of the molecule is [CH2]CCc1cccc(I)c1. The second-order valence-corrected chi connectivity index (χ2v) is 3.48. The number of hydrogen-bond acceptors (Lipinski definition) is 0. The van der Waals surface area contributed by atoms with Crippen LogP contribution in [-0.4, -0.2) is 0 Å². The van der Waals surface area contributed by atoms with Crippen molar-refractivity contribution in [2.75, 3.05) is 0 Å². The van der Waals surface area contributed by atoms with E-state index in [0.717, 1.165) is 12.8 Å². The van der Waals surface area contributed by atoms with E-state index < -0.39 is 0 Å². The van der Waals surface area contributed by atoms with Gasteiger partial charge in [-0.15, -0.1) is 0 Å². The topological polar surface area (TPSA) is 0 Å². The lowest BCUT2D eigenvalue weighted by atomic mass is 10.1. The fraction of sp³-hybridized carbons (Fsp3) is 0.222. The molecule has 0 nitrogen and oxygen atoms in total. The van der Waals surface area contributed by atoms with Gasteiger partial charge in [-0.05, 0) is 53.1 Å². The molecule has 10 heavy (non-hydrogen) atoms. The first kappa shape index (κ1) is 8.05. The Morgan fingerprint density at radius 2 is 2.20 bits per heavy atom. The maximum absolute atomic E-state index is 3.81. The van der Waals surface area contributed by atoms with E-state index in [0.29, 0.717) is 0 Å². The van der Waals surface area contributed by atoms with Gasteiger partial charge in [0.25, 0.3) is 0 Å². The molecule has 0 aliphatic carbocycles. The van der Waals surface area contributed by atoms with Gasteiger partial charge in [0.2, 0.25) is 0 Å². The minimum Gasteiger partial charge on any atom is -0.0609 e. The van der Waals surface area contributed by atoms with Crippen LogP contribution in [-0.2, 0) is 6.42 Å². The monoisotopic (exact) mass is 245 g/mol. The standard InChI is InChI=1S/C9H10I/c1-2-4-8-5-3-6-9(10)7-8/h3,5-7H,1-2,4H2. The van der Waals surface area contributed by atoms with E-state index in [1.165, 1.54) is 9.13 Å². The van der Waals surface area contributed by atoms with Crippen molar-refractivity contribution in [2.24, 2.45) is 0 Å². The molecule has 0 atom stereocenters. The third kappa shape index (κ3) is 2.29. The number of rotatable bonds is 2. The van der Waals surface area contributed by atoms with E-state index in [1.807, 2.05) is 0 Å². The predicted octanol–water partition coefficient (Wildman–Crippen LogP) is 3.06. The Bertz CT molecular complexity index is 206. The van der Waals surface area contributed by atoms with Crippen LogP contribution in [0.5, 0.6) is 0 Å². The molecule has 1 heteroatoms. The molecule has 1 rings (SSSR count). The zero-order chi connectivity index (χ0) is 7.40. The number of benzene rings is 1. The minimum absolute atomic E-state index is 0.986. The highest BCUT2D eigenvalue weighted by Crippen LogP contribution is 2.08. The van der Waals surface area contributed by atoms with E-state index >= 15 is 0 Å². The molecule has 0 aliphatic rings. The summed E-state index contributed by atoms with van der Waals surface area (Å²) in [7, 11) is 0. The molecule has 0 amide bonds. The fourth-order valence-corrected chi connectivity index (χ4v) is 1.50. The third-order valence-electron chi connectivity index (χ3n) is 1.35. The first-order chi connectivity index (χ1) is 4.83. The largest absolute Gasteiger partial charge is 0.0609 e. The Kier molecular flexibility index (Phi) is 3.19. The summed E-state index contributed by atoms with van der Waals surface area (Å²) in [5.74, 6) is 0. The summed E-state index contributed by atoms with van der Waals surface area (Å²) in [5.41, 5.74) is 1.39. The average molecular weight is 245 g/mol. The highest BCUT2D eigenvalue weighted by atomic mass is 127. The summed E-state index contributed by atoms with van der Waals surface area (Å²) in [6.45, 7) is 3.81. The lowest BCUT2D eigenvalue weighted by Gasteiger charge is -1.96. The molecule has 0 unspecified atom stereocenters. The third-order valence-corrected chi connectivity index (χ3v) is 2.03. The van der Waals surface area contributed by atoms with Crippen LogP contribution in [0.4, 0.5) is 0 Å². The molecular formula is C9H10I. The first-order valence-corrected chi connectivity index (χ1v) is 4.44. The Labute approximate surface area is 75.8 Å². The van der Waals surface area contributed by atoms with Gasteiger partial charge in [-0.2, -0.15) is 0 Å². The smallest absolute Gasteiger partial charge is 0.0133 e. The van der Waals surface area contributed by atoms with Crippen molar-refractivity contribution in [1.82, 2.24) is 0 Å². The van der Waals surface area contributed by atoms with Crippen molar-refractivity contribution >= 4 is 22.6 Å². The summed E-state index contributed by atoms with van der Waals surface area (Å²) in [5, 5.41) is 0. The van der Waals surface area contributed by atoms with Crippen molar-refractivity contribution in [3.05, 3.63) is 40.3 Å². The molecule has 0 N–H and O–H groups in total. The number of halogens is 1. The Hall–Kier alpha value is -0.0500. The minimum atomic E-state index is 0.986. The number of hydrogen-bond donors (Lipinski definition) is 0. The average Bonchev–Trinajstić information content (AvgIpc) is 1.88. The van der Waals surface area contributed by atoms with Crippen molar-refractivity contribution in [3.8, 4) is 0 Å². The highest BCUT2D eigenvalue weighted by molar-refractivity contribution is 14.1. The van der Waals surface area contributed by atoms with Gasteiger partial charge in [0.05, 0.1) is 0 Å². The van der Waals surface area contributed by atoms with Crippen LogP contribution in [0.3, 0.4) is 0 Å². The summed E-state index contributed by atoms with van der Waals surface area (Å²) >= 11 is 2.32. The molecule has 0 saturated carbocycles. The molecule has 0 aromatic heterocycles. The van der Waals surface area contributed by atoms with Crippen LogP contribution in [0.1, 0.15) is 12.0 Å². The molecular weight excluding hydrogens is 235 g/mol. The maximum Gasteiger partial charge on any atom is 0.0133 e. The molecule has 0 spiro atoms. The van der Waals surface area contributed by atoms with E-state index in [1.54, 1.807) is 0 Å². The summed E-state index contributed by atoms with van der Waals surface area (Å²) in [6, 6.07) is 8.54. The van der Waals surface area contributed by atoms with Crippen molar-refractivity contribution in [2.45, 2.75) is 12.8 Å². The lowest BCUT2D eigenvalue weighted by Crippen LogP contribution is -1.82. The molecule has 1 radical (unpaired) electrons. The van der Waals surface area contributed by atoms with Gasteiger partial charge < -0.3 is 0 Å². The van der Waals surface area contributed by atoms with Crippen molar-refractivity contribution < 1.29 is 0 Å². The zero-order valence-electron chi connectivity index (χ0n) is 5.81. The summed E-state index contributed by atoms with van der Waals surface area (Å²) in [4.78, 5) is 0. The van der Waals surface area contributed by atoms with Crippen molar-refractivity contribution in [3.63, 3.8) is 0 Å². The van der Waals surface area contributed by atoms with Gasteiger partial charge in [-0.3, -0.25) is 0 Å². The van der Waals surface area contributed by atoms with E-state index in [9.17, 15) is 0 Å². The van der Waals surface area contributed by atoms with Gasteiger partial charge in [-0.25, -0.2) is 0 Å². The van der Waals surface area contributed by atoms with E-state index in [2.05, 4.69) is 53.8 Å². The van der Waals surface area contributed by atoms with Crippen LogP contribution < -0.4 is 0 Å². The molecule has 0 fully saturated rings. The summed E-state index contributed by atoms with van der Waals surface area (Å²) < 4.78 is 1.31. The molecule has 53 valence electrons. The van der Waals surface area contributed by atoms with Crippen LogP contribution in [0.25, 0.3) is 0 Å². The van der Waals surface area contributed by atoms with Gasteiger partial charge in [0.1, 0.15) is 0 Å². The van der Waals surface area contributed by atoms with Crippen LogP contribution >= 0.6 is 22.6 Å². The quantitative estimate of drug-likeness (QED) is 0.702. The zero-order valence-corrected chi connectivity index (χ0v) is 7.97. The maximum atomic E-state index is 3.81. The van der Waals surface area contributed by atoms with E-state index in [4.69, 9.17) is 0 Å². The van der Waals surface area contributed by atoms with Gasteiger partial charge in [0, 0.05) is 3.57 Å². The van der Waals surface area contributed by atoms with Gasteiger partial charge >= 0.3 is 0 Å². The second-order valence-electron chi connectivity index (χ2n) is 2.23. The Morgan fingerprint density at radius 1 is 1.40 bits per heavy atom. The van der Waals surface area contributed by atoms with Crippen LogP contribution in [0.2, 0.25) is 0 Å². The predicted molar refractivity (Wildman–Crippen MR) is 52.8 cm³/mol. The molecule has 0 saturated heterocycles. The van der Waals surface area contributed by atoms with Crippen LogP contribution in [0, 0.1) is 10.5 Å². The fourth-order valence-electron chi connectivity index (χ4n) is 0.897. The molecule has 0 aliphatic heterocycles. The lowest BCUT2D eigenvalue weighted by molar-refractivity contribution is 0.998. The Morgan fingerprint density at radius 3 is 2.80 bits per heavy atom. The molecule has 0 bridgehead atoms. The summed E-state index contributed by atoms with van der Waals surface area (Å²) in [6.07, 6.45) is 2.08. The first-order valence-electron chi connectivity index (χ1n) is 3.36. The molecule has 1 aromatic carbocycles. The van der Waals surface area contributed by atoms with Gasteiger partial charge in [0.15, 0.2) is 0 Å². The Balaban J connectivity index is 2.75. The molecule has 1 aromatic rings. The highest BCUT2D eigenvalue weighted by Gasteiger charge is 1.89. The van der Waals surface area contributed by atoms with Crippen LogP contribution in [0.15, 0.2) is 24.3 Å². The van der Waals surface area contributed by atoms with Crippen molar-refractivity contribution in [1.29, 1.82) is 0 Å². The normalized spacial score (nSPS) is 9.80.